The van der Waals surface area contributed by atoms with Crippen LogP contribution in [-0.2, 0) is 6.42 Å². The molecule has 2 rings (SSSR count). The van der Waals surface area contributed by atoms with Crippen LogP contribution in [0.2, 0.25) is 0 Å². The Hall–Kier alpha value is -0.550. The normalized spacial score (nSPS) is 11.1. The van der Waals surface area contributed by atoms with Gasteiger partial charge in [-0.05, 0) is 72.2 Å². The summed E-state index contributed by atoms with van der Waals surface area (Å²) >= 11 is 2.38. The highest BCUT2D eigenvalue weighted by molar-refractivity contribution is 14.1. The second kappa shape index (κ2) is 4.53. The lowest BCUT2D eigenvalue weighted by atomic mass is 10.1. The van der Waals surface area contributed by atoms with E-state index >= 15 is 0 Å². The highest BCUT2D eigenvalue weighted by atomic mass is 127. The van der Waals surface area contributed by atoms with Crippen LogP contribution in [-0.4, -0.2) is 11.5 Å². The number of hydrogen-bond acceptors (Lipinski definition) is 1. The van der Waals surface area contributed by atoms with E-state index in [1.54, 1.807) is 0 Å². The lowest BCUT2D eigenvalue weighted by Crippen LogP contribution is -1.99. The number of aromatic nitrogens is 1. The molecule has 0 aliphatic carbocycles. The molecule has 0 bridgehead atoms. The number of halogens is 1. The Balaban J connectivity index is 2.49. The summed E-state index contributed by atoms with van der Waals surface area (Å²) in [5, 5.41) is 1.35. The number of H-pyrrole nitrogens is 1. The predicted octanol–water partition coefficient (Wildman–Crippen LogP) is 2.97. The second-order valence-electron chi connectivity index (χ2n) is 3.88. The number of hydrogen-bond donors (Lipinski definition) is 2. The molecule has 2 aromatic rings. The van der Waals surface area contributed by atoms with Gasteiger partial charge in [-0.3, -0.25) is 0 Å². The van der Waals surface area contributed by atoms with Crippen molar-refractivity contribution in [2.24, 2.45) is 5.73 Å². The SMILES string of the molecule is Cc1cc(I)c2[nH]cc(CCCN)c2c1. The predicted molar refractivity (Wildman–Crippen MR) is 73.1 cm³/mol. The Bertz CT molecular complexity index is 474. The van der Waals surface area contributed by atoms with Gasteiger partial charge in [0, 0.05) is 15.2 Å². The van der Waals surface area contributed by atoms with Crippen molar-refractivity contribution in [2.75, 3.05) is 6.54 Å². The van der Waals surface area contributed by atoms with Crippen molar-refractivity contribution < 1.29 is 0 Å². The van der Waals surface area contributed by atoms with Gasteiger partial charge < -0.3 is 10.7 Å². The minimum atomic E-state index is 0.760. The van der Waals surface area contributed by atoms with Gasteiger partial charge in [0.05, 0.1) is 5.52 Å². The number of fused-ring (bicyclic) bond motifs is 1. The zero-order valence-corrected chi connectivity index (χ0v) is 11.0. The van der Waals surface area contributed by atoms with Crippen molar-refractivity contribution in [3.63, 3.8) is 0 Å². The molecule has 0 atom stereocenters. The average Bonchev–Trinajstić information content (AvgIpc) is 2.58. The van der Waals surface area contributed by atoms with E-state index in [0.717, 1.165) is 19.4 Å². The summed E-state index contributed by atoms with van der Waals surface area (Å²) in [6.07, 6.45) is 4.23. The summed E-state index contributed by atoms with van der Waals surface area (Å²) in [6.45, 7) is 2.90. The van der Waals surface area contributed by atoms with Crippen molar-refractivity contribution in [2.45, 2.75) is 19.8 Å². The van der Waals surface area contributed by atoms with Gasteiger partial charge in [0.1, 0.15) is 0 Å². The summed E-state index contributed by atoms with van der Waals surface area (Å²) < 4.78 is 1.29. The third kappa shape index (κ3) is 2.18. The first-order valence-electron chi connectivity index (χ1n) is 5.18. The Morgan fingerprint density at radius 2 is 2.20 bits per heavy atom. The summed E-state index contributed by atoms with van der Waals surface area (Å²) in [7, 11) is 0. The van der Waals surface area contributed by atoms with Gasteiger partial charge in [-0.2, -0.15) is 0 Å². The summed E-state index contributed by atoms with van der Waals surface area (Å²) in [4.78, 5) is 3.34. The van der Waals surface area contributed by atoms with Crippen LogP contribution in [0.4, 0.5) is 0 Å². The fourth-order valence-corrected chi connectivity index (χ4v) is 2.82. The van der Waals surface area contributed by atoms with Crippen LogP contribution < -0.4 is 5.73 Å². The highest BCUT2D eigenvalue weighted by Crippen LogP contribution is 2.25. The molecule has 1 heterocycles. The first-order chi connectivity index (χ1) is 7.22. The van der Waals surface area contributed by atoms with Gasteiger partial charge >= 0.3 is 0 Å². The molecule has 80 valence electrons. The van der Waals surface area contributed by atoms with Gasteiger partial charge in [-0.25, -0.2) is 0 Å². The molecule has 1 aromatic heterocycles. The molecule has 0 aliphatic heterocycles. The fraction of sp³-hybridized carbons (Fsp3) is 0.333. The third-order valence-corrected chi connectivity index (χ3v) is 3.47. The smallest absolute Gasteiger partial charge is 0.0592 e. The first-order valence-corrected chi connectivity index (χ1v) is 6.26. The van der Waals surface area contributed by atoms with E-state index in [1.165, 1.54) is 25.6 Å². The number of nitrogens with two attached hydrogens (primary N) is 1. The van der Waals surface area contributed by atoms with Crippen LogP contribution >= 0.6 is 22.6 Å². The summed E-state index contributed by atoms with van der Waals surface area (Å²) in [5.41, 5.74) is 9.50. The van der Waals surface area contributed by atoms with Crippen LogP contribution in [0.25, 0.3) is 10.9 Å². The van der Waals surface area contributed by atoms with Gasteiger partial charge in [0.25, 0.3) is 0 Å². The van der Waals surface area contributed by atoms with Crippen molar-refractivity contribution >= 4 is 33.5 Å². The monoisotopic (exact) mass is 314 g/mol. The van der Waals surface area contributed by atoms with Crippen LogP contribution in [0.15, 0.2) is 18.3 Å². The highest BCUT2D eigenvalue weighted by Gasteiger charge is 2.06. The molecule has 3 N–H and O–H groups in total. The molecule has 0 spiro atoms. The van der Waals surface area contributed by atoms with Crippen molar-refractivity contribution in [3.05, 3.63) is 33.0 Å². The van der Waals surface area contributed by atoms with Gasteiger partial charge in [-0.1, -0.05) is 0 Å². The largest absolute Gasteiger partial charge is 0.360 e. The number of rotatable bonds is 3. The van der Waals surface area contributed by atoms with Crippen molar-refractivity contribution in [1.29, 1.82) is 0 Å². The molecule has 1 aromatic carbocycles. The number of benzene rings is 1. The molecule has 0 saturated heterocycles. The van der Waals surface area contributed by atoms with Crippen LogP contribution in [0.5, 0.6) is 0 Å². The van der Waals surface area contributed by atoms with Crippen LogP contribution in [0.1, 0.15) is 17.5 Å². The Morgan fingerprint density at radius 3 is 2.93 bits per heavy atom. The molecule has 0 fully saturated rings. The maximum absolute atomic E-state index is 5.54. The maximum atomic E-state index is 5.54. The molecule has 0 amide bonds. The lowest BCUT2D eigenvalue weighted by Gasteiger charge is -2.00. The lowest BCUT2D eigenvalue weighted by molar-refractivity contribution is 0.837. The molecule has 0 aliphatic rings. The molecule has 0 saturated carbocycles. The number of aromatic amines is 1. The second-order valence-corrected chi connectivity index (χ2v) is 5.04. The molecule has 2 nitrogen and oxygen atoms in total. The fourth-order valence-electron chi connectivity index (χ4n) is 1.88. The number of nitrogens with one attached hydrogen (secondary N) is 1. The average molecular weight is 314 g/mol. The van der Waals surface area contributed by atoms with E-state index in [-0.39, 0.29) is 0 Å². The van der Waals surface area contributed by atoms with E-state index in [4.69, 9.17) is 5.73 Å². The molecular weight excluding hydrogens is 299 g/mol. The summed E-state index contributed by atoms with van der Waals surface area (Å²) in [5.74, 6) is 0. The van der Waals surface area contributed by atoms with Gasteiger partial charge in [0.2, 0.25) is 0 Å². The van der Waals surface area contributed by atoms with Gasteiger partial charge in [0.15, 0.2) is 0 Å². The number of aryl methyl sites for hydroxylation is 2. The Labute approximate surface area is 103 Å². The van der Waals surface area contributed by atoms with Crippen LogP contribution in [0.3, 0.4) is 0 Å². The standard InChI is InChI=1S/C12H15IN2/c1-8-5-10-9(3-2-4-14)7-15-12(10)11(13)6-8/h5-7,15H,2-4,14H2,1H3. The summed E-state index contributed by atoms with van der Waals surface area (Å²) in [6, 6.07) is 4.45. The minimum Gasteiger partial charge on any atom is -0.360 e. The Kier molecular flexibility index (Phi) is 3.31. The zero-order valence-electron chi connectivity index (χ0n) is 8.81. The zero-order chi connectivity index (χ0) is 10.8. The molecule has 0 unspecified atom stereocenters. The van der Waals surface area contributed by atoms with Crippen molar-refractivity contribution in [1.82, 2.24) is 4.98 Å². The Morgan fingerprint density at radius 1 is 1.40 bits per heavy atom. The third-order valence-electron chi connectivity index (χ3n) is 2.62. The van der Waals surface area contributed by atoms with E-state index < -0.39 is 0 Å². The first kappa shape index (κ1) is 11.0. The van der Waals surface area contributed by atoms with E-state index in [1.807, 2.05) is 0 Å². The molecular formula is C12H15IN2. The van der Waals surface area contributed by atoms with E-state index in [2.05, 4.69) is 52.8 Å². The molecule has 3 heteroatoms. The molecule has 15 heavy (non-hydrogen) atoms. The van der Waals surface area contributed by atoms with Gasteiger partial charge in [-0.15, -0.1) is 0 Å². The van der Waals surface area contributed by atoms with E-state index in [9.17, 15) is 0 Å². The minimum absolute atomic E-state index is 0.760. The quantitative estimate of drug-likeness (QED) is 0.840. The maximum Gasteiger partial charge on any atom is 0.0592 e. The van der Waals surface area contributed by atoms with Crippen LogP contribution in [0, 0.1) is 10.5 Å². The molecule has 0 radical (unpaired) electrons. The topological polar surface area (TPSA) is 41.8 Å². The van der Waals surface area contributed by atoms with Crippen molar-refractivity contribution in [3.8, 4) is 0 Å². The van der Waals surface area contributed by atoms with E-state index in [0.29, 0.717) is 0 Å².